The Labute approximate surface area is 137 Å². The van der Waals surface area contributed by atoms with Crippen molar-refractivity contribution in [1.29, 1.82) is 0 Å². The first-order valence-electron chi connectivity index (χ1n) is 7.73. The predicted molar refractivity (Wildman–Crippen MR) is 87.3 cm³/mol. The number of thiazole rings is 1. The number of aromatic nitrogens is 3. The minimum atomic E-state index is -1.06. The molecule has 3 rings (SSSR count). The van der Waals surface area contributed by atoms with Crippen molar-refractivity contribution < 1.29 is 8.73 Å². The monoisotopic (exact) mass is 339 g/mol. The Morgan fingerprint density at radius 2 is 2.09 bits per heavy atom. The summed E-state index contributed by atoms with van der Waals surface area (Å²) in [6.45, 7) is 4.01. The molecular weight excluding hydrogens is 318 g/mol. The Balaban J connectivity index is 1.57. The Morgan fingerprint density at radius 3 is 2.77 bits per heavy atom. The van der Waals surface area contributed by atoms with E-state index in [2.05, 4.69) is 15.1 Å². The van der Waals surface area contributed by atoms with E-state index in [0.29, 0.717) is 29.1 Å². The van der Waals surface area contributed by atoms with Crippen molar-refractivity contribution in [2.45, 2.75) is 62.9 Å². The van der Waals surface area contributed by atoms with Crippen molar-refractivity contribution in [1.82, 2.24) is 15.1 Å². The largest absolute Gasteiger partial charge is 0.338 e. The fourth-order valence-corrected chi connectivity index (χ4v) is 4.73. The molecular formula is C15H21N3O2S2. The van der Waals surface area contributed by atoms with Crippen LogP contribution >= 0.6 is 11.3 Å². The summed E-state index contributed by atoms with van der Waals surface area (Å²) in [6, 6.07) is 0. The van der Waals surface area contributed by atoms with Crippen molar-refractivity contribution in [3.8, 4) is 0 Å². The molecule has 0 aliphatic heterocycles. The van der Waals surface area contributed by atoms with Crippen molar-refractivity contribution in [3.63, 3.8) is 0 Å². The number of hydrogen-bond donors (Lipinski definition) is 0. The van der Waals surface area contributed by atoms with Crippen LogP contribution in [0.2, 0.25) is 0 Å². The van der Waals surface area contributed by atoms with E-state index in [1.54, 1.807) is 11.3 Å². The second-order valence-corrected chi connectivity index (χ2v) is 8.43. The van der Waals surface area contributed by atoms with E-state index >= 15 is 0 Å². The summed E-state index contributed by atoms with van der Waals surface area (Å²) < 4.78 is 17.4. The maximum atomic E-state index is 12.2. The van der Waals surface area contributed by atoms with E-state index in [1.165, 1.54) is 30.7 Å². The second-order valence-electron chi connectivity index (χ2n) is 6.09. The normalized spacial score (nSPS) is 17.4. The summed E-state index contributed by atoms with van der Waals surface area (Å²) >= 11 is 1.71. The minimum absolute atomic E-state index is 0.221. The molecule has 2 aromatic heterocycles. The van der Waals surface area contributed by atoms with Crippen LogP contribution in [0.5, 0.6) is 0 Å². The van der Waals surface area contributed by atoms with Gasteiger partial charge in [-0.1, -0.05) is 31.8 Å². The fourth-order valence-electron chi connectivity index (χ4n) is 2.66. The molecule has 7 heteroatoms. The Morgan fingerprint density at radius 1 is 1.32 bits per heavy atom. The molecule has 0 amide bonds. The summed E-state index contributed by atoms with van der Waals surface area (Å²) in [5.41, 5.74) is 0.925. The van der Waals surface area contributed by atoms with Gasteiger partial charge >= 0.3 is 0 Å². The smallest absolute Gasteiger partial charge is 0.239 e. The lowest BCUT2D eigenvalue weighted by molar-refractivity contribution is 0.382. The molecule has 1 saturated carbocycles. The molecule has 2 heterocycles. The highest BCUT2D eigenvalue weighted by molar-refractivity contribution is 7.83. The average Bonchev–Trinajstić information content (AvgIpc) is 3.18. The molecule has 120 valence electrons. The summed E-state index contributed by atoms with van der Waals surface area (Å²) in [6.07, 6.45) is 5.10. The van der Waals surface area contributed by atoms with Crippen molar-refractivity contribution in [2.75, 3.05) is 0 Å². The number of nitrogens with zero attached hydrogens (tertiary/aromatic N) is 3. The van der Waals surface area contributed by atoms with Crippen LogP contribution in [0.15, 0.2) is 9.90 Å². The first-order valence-corrected chi connectivity index (χ1v) is 10.1. The zero-order chi connectivity index (χ0) is 15.5. The Bertz CT molecular complexity index is 645. The molecule has 5 nitrogen and oxygen atoms in total. The van der Waals surface area contributed by atoms with E-state index < -0.39 is 10.8 Å². The lowest BCUT2D eigenvalue weighted by atomic mass is 10.1. The van der Waals surface area contributed by atoms with Gasteiger partial charge in [-0.05, 0) is 12.8 Å². The van der Waals surface area contributed by atoms with Crippen LogP contribution in [0.3, 0.4) is 0 Å². The third kappa shape index (κ3) is 3.81. The molecule has 1 aliphatic rings. The summed E-state index contributed by atoms with van der Waals surface area (Å²) in [5.74, 6) is 2.73. The zero-order valence-electron chi connectivity index (χ0n) is 12.9. The minimum Gasteiger partial charge on any atom is -0.338 e. The first kappa shape index (κ1) is 15.8. The van der Waals surface area contributed by atoms with E-state index in [0.717, 1.165) is 5.69 Å². The Kier molecular flexibility index (Phi) is 5.03. The molecule has 0 unspecified atom stereocenters. The molecule has 0 bridgehead atoms. The molecule has 0 spiro atoms. The SMILES string of the molecule is CC(C)c1noc(C[S@@](=O)Cc2csc(C3CCCC3)n2)n1. The highest BCUT2D eigenvalue weighted by Gasteiger charge is 2.21. The van der Waals surface area contributed by atoms with Gasteiger partial charge in [0, 0.05) is 28.0 Å². The van der Waals surface area contributed by atoms with Crippen molar-refractivity contribution >= 4 is 22.1 Å². The molecule has 1 aliphatic carbocycles. The predicted octanol–water partition coefficient (Wildman–Crippen LogP) is 3.76. The van der Waals surface area contributed by atoms with Crippen molar-refractivity contribution in [3.05, 3.63) is 27.8 Å². The van der Waals surface area contributed by atoms with E-state index in [1.807, 2.05) is 19.2 Å². The van der Waals surface area contributed by atoms with Crippen LogP contribution in [0, 0.1) is 0 Å². The lowest BCUT2D eigenvalue weighted by Crippen LogP contribution is -2.01. The molecule has 0 N–H and O–H groups in total. The van der Waals surface area contributed by atoms with Gasteiger partial charge in [-0.3, -0.25) is 4.21 Å². The lowest BCUT2D eigenvalue weighted by Gasteiger charge is -2.02. The van der Waals surface area contributed by atoms with Crippen molar-refractivity contribution in [2.24, 2.45) is 0 Å². The molecule has 1 atom stereocenters. The van der Waals surface area contributed by atoms with Gasteiger partial charge in [0.25, 0.3) is 0 Å². The first-order chi connectivity index (χ1) is 10.6. The molecule has 0 radical (unpaired) electrons. The molecule has 0 saturated heterocycles. The maximum Gasteiger partial charge on any atom is 0.239 e. The van der Waals surface area contributed by atoms with Gasteiger partial charge in [-0.15, -0.1) is 11.3 Å². The van der Waals surface area contributed by atoms with E-state index in [-0.39, 0.29) is 5.92 Å². The summed E-state index contributed by atoms with van der Waals surface area (Å²) in [5, 5.41) is 7.15. The van der Waals surface area contributed by atoms with Gasteiger partial charge in [-0.2, -0.15) is 4.98 Å². The molecule has 22 heavy (non-hydrogen) atoms. The topological polar surface area (TPSA) is 68.9 Å². The zero-order valence-corrected chi connectivity index (χ0v) is 14.6. The van der Waals surface area contributed by atoms with Crippen LogP contribution < -0.4 is 0 Å². The van der Waals surface area contributed by atoms with Crippen LogP contribution in [-0.4, -0.2) is 19.3 Å². The highest BCUT2D eigenvalue weighted by atomic mass is 32.2. The van der Waals surface area contributed by atoms with Crippen LogP contribution in [0.4, 0.5) is 0 Å². The molecule has 0 aromatic carbocycles. The van der Waals surface area contributed by atoms with Gasteiger partial charge in [-0.25, -0.2) is 4.98 Å². The number of hydrogen-bond acceptors (Lipinski definition) is 6. The average molecular weight is 339 g/mol. The second kappa shape index (κ2) is 7.00. The summed E-state index contributed by atoms with van der Waals surface area (Å²) in [4.78, 5) is 8.94. The number of rotatable bonds is 6. The highest BCUT2D eigenvalue weighted by Crippen LogP contribution is 2.35. The Hall–Kier alpha value is -1.08. The maximum absolute atomic E-state index is 12.2. The van der Waals surface area contributed by atoms with E-state index in [9.17, 15) is 4.21 Å². The van der Waals surface area contributed by atoms with Crippen LogP contribution in [0.1, 0.15) is 73.8 Å². The third-order valence-corrected chi connectivity index (χ3v) is 6.11. The molecule has 1 fully saturated rings. The van der Waals surface area contributed by atoms with Gasteiger partial charge in [0.1, 0.15) is 5.75 Å². The van der Waals surface area contributed by atoms with Gasteiger partial charge < -0.3 is 4.52 Å². The standard InChI is InChI=1S/C15H21N3O2S2/c1-10(2)14-17-13(20-18-14)9-22(19)8-12-7-21-15(16-12)11-5-3-4-6-11/h7,10-11H,3-6,8-9H2,1-2H3/t22-/m0/s1. The van der Waals surface area contributed by atoms with Gasteiger partial charge in [0.2, 0.25) is 5.89 Å². The fraction of sp³-hybridized carbons (Fsp3) is 0.667. The molecule has 2 aromatic rings. The van der Waals surface area contributed by atoms with Gasteiger partial charge in [0.15, 0.2) is 5.82 Å². The third-order valence-electron chi connectivity index (χ3n) is 3.87. The summed E-state index contributed by atoms with van der Waals surface area (Å²) in [7, 11) is -1.06. The van der Waals surface area contributed by atoms with Crippen LogP contribution in [-0.2, 0) is 22.3 Å². The van der Waals surface area contributed by atoms with E-state index in [4.69, 9.17) is 4.52 Å². The van der Waals surface area contributed by atoms with Crippen LogP contribution in [0.25, 0.3) is 0 Å². The quantitative estimate of drug-likeness (QED) is 0.801. The van der Waals surface area contributed by atoms with Gasteiger partial charge in [0.05, 0.1) is 16.5 Å².